The van der Waals surface area contributed by atoms with Crippen LogP contribution in [0.25, 0.3) is 4.85 Å². The lowest BCUT2D eigenvalue weighted by atomic mass is 10.2. The lowest BCUT2D eigenvalue weighted by Gasteiger charge is -2.22. The normalized spacial score (nSPS) is 12.1. The molecule has 0 saturated heterocycles. The van der Waals surface area contributed by atoms with Crippen LogP contribution in [-0.2, 0) is 9.59 Å². The monoisotopic (exact) mass is 209 g/mol. The van der Waals surface area contributed by atoms with E-state index in [4.69, 9.17) is 12.3 Å². The van der Waals surface area contributed by atoms with Crippen LogP contribution in [0.3, 0.4) is 0 Å². The quantitative estimate of drug-likeness (QED) is 0.518. The summed E-state index contributed by atoms with van der Waals surface area (Å²) in [6, 6.07) is -0.155. The topological polar surface area (TPSA) is 67.8 Å². The third-order valence-corrected chi connectivity index (χ3v) is 1.90. The van der Waals surface area contributed by atoms with Crippen LogP contribution in [0.5, 0.6) is 0 Å². The molecular formula is C10H15N3O2. The summed E-state index contributed by atoms with van der Waals surface area (Å²) in [5, 5.41) is 0. The molecule has 0 heterocycles. The molecule has 0 aliphatic rings. The fraction of sp³-hybridized carbons (Fsp3) is 0.500. The van der Waals surface area contributed by atoms with Gasteiger partial charge in [0, 0.05) is 18.7 Å². The molecule has 0 bridgehead atoms. The Morgan fingerprint density at radius 2 is 2.13 bits per heavy atom. The second-order valence-corrected chi connectivity index (χ2v) is 3.05. The van der Waals surface area contributed by atoms with E-state index in [-0.39, 0.29) is 18.5 Å². The molecule has 82 valence electrons. The molecule has 2 amide bonds. The molecule has 0 aliphatic heterocycles. The Kier molecular flexibility index (Phi) is 5.79. The van der Waals surface area contributed by atoms with Crippen LogP contribution in [0.1, 0.15) is 13.8 Å². The van der Waals surface area contributed by atoms with E-state index in [1.807, 2.05) is 6.92 Å². The first-order valence-electron chi connectivity index (χ1n) is 4.64. The zero-order valence-corrected chi connectivity index (χ0v) is 8.93. The molecule has 0 aromatic rings. The highest BCUT2D eigenvalue weighted by Gasteiger charge is 2.18. The summed E-state index contributed by atoms with van der Waals surface area (Å²) in [4.78, 5) is 26.7. The minimum atomic E-state index is -0.655. The van der Waals surface area contributed by atoms with Gasteiger partial charge in [0.1, 0.15) is 6.04 Å². The standard InChI is InChI=1S/C10H15N3O2/c1-4-13(8(2)7-12-3)10(15)6-5-9(11)14/h5-6,8H,4,7H2,1-2H3,(H2,11,14)/b6-5+/t8-/m1/s1. The molecule has 0 aliphatic carbocycles. The molecule has 0 saturated carbocycles. The van der Waals surface area contributed by atoms with Gasteiger partial charge in [-0.15, -0.1) is 0 Å². The molecule has 15 heavy (non-hydrogen) atoms. The summed E-state index contributed by atoms with van der Waals surface area (Å²) in [5.41, 5.74) is 4.87. The van der Waals surface area contributed by atoms with Crippen molar-refractivity contribution in [3.05, 3.63) is 23.6 Å². The average molecular weight is 209 g/mol. The van der Waals surface area contributed by atoms with Gasteiger partial charge < -0.3 is 15.5 Å². The average Bonchev–Trinajstić information content (AvgIpc) is 2.16. The smallest absolute Gasteiger partial charge is 0.247 e. The maximum absolute atomic E-state index is 11.5. The number of primary amides is 1. The fourth-order valence-corrected chi connectivity index (χ4v) is 1.16. The third-order valence-electron chi connectivity index (χ3n) is 1.90. The number of hydrogen-bond donors (Lipinski definition) is 1. The van der Waals surface area contributed by atoms with Gasteiger partial charge in [-0.05, 0) is 13.8 Å². The maximum atomic E-state index is 11.5. The van der Waals surface area contributed by atoms with Crippen LogP contribution < -0.4 is 5.73 Å². The van der Waals surface area contributed by atoms with Crippen molar-refractivity contribution < 1.29 is 9.59 Å². The highest BCUT2D eigenvalue weighted by Crippen LogP contribution is 2.01. The van der Waals surface area contributed by atoms with Gasteiger partial charge in [0.05, 0.1) is 0 Å². The number of carbonyl (C=O) groups excluding carboxylic acids is 2. The Bertz CT molecular complexity index is 304. The van der Waals surface area contributed by atoms with Crippen molar-refractivity contribution in [2.75, 3.05) is 13.1 Å². The molecule has 2 N–H and O–H groups in total. The van der Waals surface area contributed by atoms with E-state index in [0.29, 0.717) is 6.54 Å². The number of carbonyl (C=O) groups is 2. The van der Waals surface area contributed by atoms with Crippen LogP contribution >= 0.6 is 0 Å². The van der Waals surface area contributed by atoms with Crippen LogP contribution in [0.2, 0.25) is 0 Å². The minimum Gasteiger partial charge on any atom is -0.366 e. The number of hydrogen-bond acceptors (Lipinski definition) is 2. The maximum Gasteiger partial charge on any atom is 0.247 e. The van der Waals surface area contributed by atoms with E-state index in [9.17, 15) is 9.59 Å². The minimum absolute atomic E-state index is 0.155. The highest BCUT2D eigenvalue weighted by atomic mass is 16.2. The van der Waals surface area contributed by atoms with E-state index >= 15 is 0 Å². The summed E-state index contributed by atoms with van der Waals surface area (Å²) in [6.07, 6.45) is 2.15. The van der Waals surface area contributed by atoms with Gasteiger partial charge in [-0.1, -0.05) is 0 Å². The van der Waals surface area contributed by atoms with Crippen molar-refractivity contribution in [1.29, 1.82) is 0 Å². The molecule has 0 fully saturated rings. The number of nitrogens with zero attached hydrogens (tertiary/aromatic N) is 2. The van der Waals surface area contributed by atoms with Gasteiger partial charge in [-0.2, -0.15) is 0 Å². The van der Waals surface area contributed by atoms with Gasteiger partial charge in [0.25, 0.3) is 0 Å². The lowest BCUT2D eigenvalue weighted by Crippen LogP contribution is -2.39. The zero-order chi connectivity index (χ0) is 11.8. The summed E-state index contributed by atoms with van der Waals surface area (Å²) >= 11 is 0. The van der Waals surface area contributed by atoms with Crippen LogP contribution in [0.4, 0.5) is 0 Å². The molecule has 0 radical (unpaired) electrons. The molecule has 0 aromatic heterocycles. The summed E-state index contributed by atoms with van der Waals surface area (Å²) in [7, 11) is 0. The van der Waals surface area contributed by atoms with Crippen molar-refractivity contribution in [2.45, 2.75) is 19.9 Å². The van der Waals surface area contributed by atoms with Crippen molar-refractivity contribution in [3.63, 3.8) is 0 Å². The van der Waals surface area contributed by atoms with Crippen molar-refractivity contribution in [1.82, 2.24) is 4.90 Å². The second kappa shape index (κ2) is 6.60. The Labute approximate surface area is 89.4 Å². The number of amides is 2. The third kappa shape index (κ3) is 4.81. The van der Waals surface area contributed by atoms with Gasteiger partial charge in [0.15, 0.2) is 0 Å². The van der Waals surface area contributed by atoms with E-state index in [1.165, 1.54) is 4.90 Å². The van der Waals surface area contributed by atoms with Crippen molar-refractivity contribution in [3.8, 4) is 0 Å². The molecule has 0 rings (SSSR count). The molecule has 0 aromatic carbocycles. The number of likely N-dealkylation sites (N-methyl/N-ethyl adjacent to an activating group) is 1. The molecule has 1 atom stereocenters. The van der Waals surface area contributed by atoms with Gasteiger partial charge >= 0.3 is 0 Å². The second-order valence-electron chi connectivity index (χ2n) is 3.05. The van der Waals surface area contributed by atoms with E-state index < -0.39 is 5.91 Å². The lowest BCUT2D eigenvalue weighted by molar-refractivity contribution is -0.127. The predicted octanol–water partition coefficient (Wildman–Crippen LogP) is 0.184. The molecular weight excluding hydrogens is 194 g/mol. The Balaban J connectivity index is 4.48. The first kappa shape index (κ1) is 13.2. The fourth-order valence-electron chi connectivity index (χ4n) is 1.16. The Morgan fingerprint density at radius 3 is 2.53 bits per heavy atom. The SMILES string of the molecule is [C-]#[N+]C[C@@H](C)N(CC)C(=O)/C=C/C(N)=O. The van der Waals surface area contributed by atoms with Crippen molar-refractivity contribution in [2.24, 2.45) is 5.73 Å². The number of rotatable bonds is 5. The van der Waals surface area contributed by atoms with Crippen LogP contribution in [-0.4, -0.2) is 35.8 Å². The zero-order valence-electron chi connectivity index (χ0n) is 8.93. The Hall–Kier alpha value is -1.83. The Morgan fingerprint density at radius 1 is 1.53 bits per heavy atom. The number of nitrogens with two attached hydrogens (primary N) is 1. The van der Waals surface area contributed by atoms with E-state index in [0.717, 1.165) is 12.2 Å². The highest BCUT2D eigenvalue weighted by molar-refractivity contribution is 5.96. The largest absolute Gasteiger partial charge is 0.366 e. The summed E-state index contributed by atoms with van der Waals surface area (Å²) in [6.45, 7) is 11.1. The summed E-state index contributed by atoms with van der Waals surface area (Å²) < 4.78 is 0. The van der Waals surface area contributed by atoms with E-state index in [2.05, 4.69) is 4.85 Å². The van der Waals surface area contributed by atoms with Gasteiger partial charge in [0.2, 0.25) is 18.4 Å². The van der Waals surface area contributed by atoms with E-state index in [1.54, 1.807) is 6.92 Å². The molecule has 0 unspecified atom stereocenters. The molecule has 5 nitrogen and oxygen atoms in total. The predicted molar refractivity (Wildman–Crippen MR) is 56.7 cm³/mol. The summed E-state index contributed by atoms with van der Waals surface area (Å²) in [5.74, 6) is -0.954. The molecule has 5 heteroatoms. The first-order valence-corrected chi connectivity index (χ1v) is 4.64. The molecule has 0 spiro atoms. The van der Waals surface area contributed by atoms with Gasteiger partial charge in [-0.3, -0.25) is 9.59 Å². The van der Waals surface area contributed by atoms with Crippen molar-refractivity contribution >= 4 is 11.8 Å². The first-order chi connectivity index (χ1) is 7.02. The van der Waals surface area contributed by atoms with Crippen LogP contribution in [0, 0.1) is 6.57 Å². The van der Waals surface area contributed by atoms with Gasteiger partial charge in [-0.25, -0.2) is 6.57 Å². The van der Waals surface area contributed by atoms with Crippen LogP contribution in [0.15, 0.2) is 12.2 Å².